The van der Waals surface area contributed by atoms with E-state index in [1.807, 2.05) is 31.2 Å². The second-order valence-corrected chi connectivity index (χ2v) is 6.96. The summed E-state index contributed by atoms with van der Waals surface area (Å²) in [6.07, 6.45) is 0.617. The van der Waals surface area contributed by atoms with Crippen molar-refractivity contribution in [3.05, 3.63) is 29.3 Å². The lowest BCUT2D eigenvalue weighted by molar-refractivity contribution is -0.136. The molecule has 118 valence electrons. The van der Waals surface area contributed by atoms with Crippen molar-refractivity contribution in [2.75, 3.05) is 0 Å². The van der Waals surface area contributed by atoms with Gasteiger partial charge >= 0.3 is 0 Å². The van der Waals surface area contributed by atoms with E-state index in [4.69, 9.17) is 0 Å². The molecule has 2 aromatic rings. The minimum absolute atomic E-state index is 0.0264. The van der Waals surface area contributed by atoms with Gasteiger partial charge in [0.15, 0.2) is 6.10 Å². The van der Waals surface area contributed by atoms with Crippen molar-refractivity contribution in [3.8, 4) is 0 Å². The molecular weight excluding hydrogens is 300 g/mol. The van der Waals surface area contributed by atoms with E-state index in [9.17, 15) is 15.0 Å². The molecule has 0 aliphatic heterocycles. The van der Waals surface area contributed by atoms with Crippen molar-refractivity contribution >= 4 is 27.5 Å². The monoisotopic (exact) mass is 320 g/mol. The molecule has 3 rings (SSSR count). The number of hydrogen-bond acceptors (Lipinski definition) is 5. The first-order valence-electron chi connectivity index (χ1n) is 7.58. The highest BCUT2D eigenvalue weighted by atomic mass is 32.1. The Hall–Kier alpha value is -1.50. The molecule has 1 aliphatic carbocycles. The lowest BCUT2D eigenvalue weighted by Crippen LogP contribution is -2.46. The summed E-state index contributed by atoms with van der Waals surface area (Å²) in [5.41, 5.74) is 0.761. The SMILES string of the molecule is C[C@H](NC(=O)[C@H](O)[C@@H](O)c1nc2ccccc2s1)C1CCC1. The summed E-state index contributed by atoms with van der Waals surface area (Å²) in [7, 11) is 0. The smallest absolute Gasteiger partial charge is 0.252 e. The summed E-state index contributed by atoms with van der Waals surface area (Å²) in [4.78, 5) is 16.4. The largest absolute Gasteiger partial charge is 0.383 e. The van der Waals surface area contributed by atoms with Crippen LogP contribution in [0.2, 0.25) is 0 Å². The van der Waals surface area contributed by atoms with Gasteiger partial charge in [0, 0.05) is 6.04 Å². The first-order valence-corrected chi connectivity index (χ1v) is 8.40. The van der Waals surface area contributed by atoms with Crippen LogP contribution in [0.5, 0.6) is 0 Å². The highest BCUT2D eigenvalue weighted by Gasteiger charge is 2.31. The molecule has 0 spiro atoms. The van der Waals surface area contributed by atoms with E-state index in [0.29, 0.717) is 10.9 Å². The number of carbonyl (C=O) groups excluding carboxylic acids is 1. The summed E-state index contributed by atoms with van der Waals surface area (Å²) in [5, 5.41) is 23.5. The molecule has 6 heteroatoms. The number of benzene rings is 1. The third kappa shape index (κ3) is 2.99. The molecule has 1 aliphatic rings. The van der Waals surface area contributed by atoms with Gasteiger partial charge in [-0.3, -0.25) is 4.79 Å². The van der Waals surface area contributed by atoms with E-state index in [2.05, 4.69) is 10.3 Å². The molecule has 22 heavy (non-hydrogen) atoms. The normalized spacial score (nSPS) is 19.4. The molecule has 1 aromatic heterocycles. The fourth-order valence-corrected chi connectivity index (χ4v) is 3.65. The number of aromatic nitrogens is 1. The minimum atomic E-state index is -1.50. The van der Waals surface area contributed by atoms with Crippen molar-refractivity contribution in [2.45, 2.75) is 44.4 Å². The van der Waals surface area contributed by atoms with Gasteiger partial charge in [-0.05, 0) is 37.8 Å². The Kier molecular flexibility index (Phi) is 4.42. The summed E-state index contributed by atoms with van der Waals surface area (Å²) in [6.45, 7) is 1.94. The van der Waals surface area contributed by atoms with Gasteiger partial charge in [-0.15, -0.1) is 11.3 Å². The molecule has 1 heterocycles. The van der Waals surface area contributed by atoms with Crippen molar-refractivity contribution in [2.24, 2.45) is 5.92 Å². The molecule has 0 unspecified atom stereocenters. The Bertz CT molecular complexity index is 635. The van der Waals surface area contributed by atoms with Crippen LogP contribution < -0.4 is 5.32 Å². The van der Waals surface area contributed by atoms with Crippen molar-refractivity contribution in [3.63, 3.8) is 0 Å². The van der Waals surface area contributed by atoms with E-state index < -0.39 is 18.1 Å². The maximum Gasteiger partial charge on any atom is 0.252 e. The molecule has 0 radical (unpaired) electrons. The number of aliphatic hydroxyl groups excluding tert-OH is 2. The number of aliphatic hydroxyl groups is 2. The fourth-order valence-electron chi connectivity index (χ4n) is 2.66. The second-order valence-electron chi connectivity index (χ2n) is 5.90. The Morgan fingerprint density at radius 2 is 2.09 bits per heavy atom. The Labute approximate surface area is 133 Å². The quantitative estimate of drug-likeness (QED) is 0.787. The van der Waals surface area contributed by atoms with Gasteiger partial charge in [0.05, 0.1) is 10.2 Å². The van der Waals surface area contributed by atoms with Gasteiger partial charge in [-0.25, -0.2) is 4.98 Å². The Balaban J connectivity index is 1.67. The standard InChI is InChI=1S/C16H20N2O3S/c1-9(10-5-4-6-10)17-15(21)13(19)14(20)16-18-11-7-2-3-8-12(11)22-16/h2-3,7-10,13-14,19-20H,4-6H2,1H3,(H,17,21)/t9-,13+,14+/m0/s1. The molecule has 0 bridgehead atoms. The van der Waals surface area contributed by atoms with Gasteiger partial charge in [0.25, 0.3) is 5.91 Å². The first kappa shape index (κ1) is 15.4. The lowest BCUT2D eigenvalue weighted by atomic mass is 9.80. The van der Waals surface area contributed by atoms with Crippen molar-refractivity contribution < 1.29 is 15.0 Å². The van der Waals surface area contributed by atoms with Crippen LogP contribution in [0, 0.1) is 5.92 Å². The average molecular weight is 320 g/mol. The molecule has 3 N–H and O–H groups in total. The molecular formula is C16H20N2O3S. The number of para-hydroxylation sites is 1. The third-order valence-corrected chi connectivity index (χ3v) is 5.47. The number of hydrogen-bond donors (Lipinski definition) is 3. The summed E-state index contributed by atoms with van der Waals surface area (Å²) in [5.74, 6) is -0.0538. The van der Waals surface area contributed by atoms with Crippen LogP contribution in [-0.4, -0.2) is 33.3 Å². The summed E-state index contributed by atoms with van der Waals surface area (Å²) < 4.78 is 0.923. The van der Waals surface area contributed by atoms with Crippen LogP contribution in [0.15, 0.2) is 24.3 Å². The van der Waals surface area contributed by atoms with Crippen molar-refractivity contribution in [1.82, 2.24) is 10.3 Å². The third-order valence-electron chi connectivity index (χ3n) is 4.36. The lowest BCUT2D eigenvalue weighted by Gasteiger charge is -2.32. The molecule has 5 nitrogen and oxygen atoms in total. The minimum Gasteiger partial charge on any atom is -0.383 e. The van der Waals surface area contributed by atoms with Crippen LogP contribution in [0.3, 0.4) is 0 Å². The molecule has 1 saturated carbocycles. The fraction of sp³-hybridized carbons (Fsp3) is 0.500. The van der Waals surface area contributed by atoms with Crippen LogP contribution in [-0.2, 0) is 4.79 Å². The molecule has 1 fully saturated rings. The molecule has 1 amide bonds. The van der Waals surface area contributed by atoms with Gasteiger partial charge in [-0.2, -0.15) is 0 Å². The van der Waals surface area contributed by atoms with Gasteiger partial charge in [0.2, 0.25) is 0 Å². The van der Waals surface area contributed by atoms with Crippen LogP contribution in [0.4, 0.5) is 0 Å². The maximum absolute atomic E-state index is 12.1. The van der Waals surface area contributed by atoms with E-state index in [1.54, 1.807) is 0 Å². The highest BCUT2D eigenvalue weighted by Crippen LogP contribution is 2.30. The molecule has 1 aromatic carbocycles. The second kappa shape index (κ2) is 6.32. The van der Waals surface area contributed by atoms with E-state index in [-0.39, 0.29) is 6.04 Å². The number of rotatable bonds is 5. The van der Waals surface area contributed by atoms with Gasteiger partial charge in [0.1, 0.15) is 11.1 Å². The number of thiazole rings is 1. The van der Waals surface area contributed by atoms with Gasteiger partial charge in [-0.1, -0.05) is 18.6 Å². The number of fused-ring (bicyclic) bond motifs is 1. The maximum atomic E-state index is 12.1. The Morgan fingerprint density at radius 3 is 2.73 bits per heavy atom. The van der Waals surface area contributed by atoms with E-state index in [1.165, 1.54) is 17.8 Å². The number of nitrogens with zero attached hydrogens (tertiary/aromatic N) is 1. The summed E-state index contributed by atoms with van der Waals surface area (Å²) >= 11 is 1.29. The predicted octanol–water partition coefficient (Wildman–Crippen LogP) is 2.00. The zero-order valence-corrected chi connectivity index (χ0v) is 13.2. The Morgan fingerprint density at radius 1 is 1.36 bits per heavy atom. The average Bonchev–Trinajstić information content (AvgIpc) is 2.87. The van der Waals surface area contributed by atoms with Gasteiger partial charge < -0.3 is 15.5 Å². The molecule has 3 atom stereocenters. The zero-order valence-electron chi connectivity index (χ0n) is 12.4. The number of nitrogens with one attached hydrogen (secondary N) is 1. The zero-order chi connectivity index (χ0) is 15.7. The van der Waals surface area contributed by atoms with Crippen LogP contribution in [0.1, 0.15) is 37.3 Å². The van der Waals surface area contributed by atoms with E-state index in [0.717, 1.165) is 23.1 Å². The van der Waals surface area contributed by atoms with Crippen LogP contribution >= 0.6 is 11.3 Å². The predicted molar refractivity (Wildman–Crippen MR) is 85.5 cm³/mol. The van der Waals surface area contributed by atoms with Crippen LogP contribution in [0.25, 0.3) is 10.2 Å². The summed E-state index contributed by atoms with van der Waals surface area (Å²) in [6, 6.07) is 7.52. The number of carbonyl (C=O) groups is 1. The molecule has 0 saturated heterocycles. The van der Waals surface area contributed by atoms with E-state index >= 15 is 0 Å². The highest BCUT2D eigenvalue weighted by molar-refractivity contribution is 7.18. The topological polar surface area (TPSA) is 82.5 Å². The van der Waals surface area contributed by atoms with Crippen molar-refractivity contribution in [1.29, 1.82) is 0 Å². The first-order chi connectivity index (χ1) is 10.6. The number of amides is 1.